The van der Waals surface area contributed by atoms with Crippen LogP contribution < -0.4 is 11.1 Å². The highest BCUT2D eigenvalue weighted by Crippen LogP contribution is 2.14. The van der Waals surface area contributed by atoms with Crippen molar-refractivity contribution in [2.24, 2.45) is 0 Å². The maximum absolute atomic E-state index is 9.10. The van der Waals surface area contributed by atoms with Crippen molar-refractivity contribution in [2.45, 2.75) is 18.9 Å². The summed E-state index contributed by atoms with van der Waals surface area (Å²) in [7, 11) is 1.85. The first-order valence-electron chi connectivity index (χ1n) is 5.60. The van der Waals surface area contributed by atoms with Crippen molar-refractivity contribution in [1.29, 1.82) is 0 Å². The Morgan fingerprint density at radius 1 is 1.53 bits per heavy atom. The van der Waals surface area contributed by atoms with Crippen molar-refractivity contribution in [3.63, 3.8) is 0 Å². The van der Waals surface area contributed by atoms with Crippen LogP contribution in [0.4, 0.5) is 5.95 Å². The molecule has 0 saturated heterocycles. The summed E-state index contributed by atoms with van der Waals surface area (Å²) in [4.78, 5) is 8.15. The minimum absolute atomic E-state index is 0.115. The molecule has 0 aliphatic rings. The summed E-state index contributed by atoms with van der Waals surface area (Å²) in [5.74, 6) is 0.438. The minimum atomic E-state index is 0.115. The predicted molar refractivity (Wildman–Crippen MR) is 65.7 cm³/mol. The van der Waals surface area contributed by atoms with E-state index in [1.165, 1.54) is 6.33 Å². The topological polar surface area (TPSA) is 88.5 Å². The second-order valence-electron chi connectivity index (χ2n) is 3.97. The number of nitrogens with one attached hydrogen (secondary N) is 1. The number of hydrogen-bond acceptors (Lipinski definition) is 5. The van der Waals surface area contributed by atoms with E-state index in [2.05, 4.69) is 15.3 Å². The van der Waals surface area contributed by atoms with Crippen molar-refractivity contribution in [3.05, 3.63) is 24.2 Å². The van der Waals surface area contributed by atoms with E-state index in [9.17, 15) is 0 Å². The Morgan fingerprint density at radius 3 is 3.06 bits per heavy atom. The minimum Gasteiger partial charge on any atom is -0.395 e. The van der Waals surface area contributed by atoms with Crippen LogP contribution in [0.2, 0.25) is 0 Å². The van der Waals surface area contributed by atoms with Crippen molar-refractivity contribution < 1.29 is 5.11 Å². The fraction of sp³-hybridized carbons (Fsp3) is 0.455. The van der Waals surface area contributed by atoms with Gasteiger partial charge in [-0.15, -0.1) is 0 Å². The van der Waals surface area contributed by atoms with Crippen LogP contribution in [0, 0.1) is 0 Å². The lowest BCUT2D eigenvalue weighted by molar-refractivity contribution is 0.242. The van der Waals surface area contributed by atoms with E-state index in [1.54, 1.807) is 4.40 Å². The van der Waals surface area contributed by atoms with Crippen LogP contribution in [0.5, 0.6) is 0 Å². The van der Waals surface area contributed by atoms with Gasteiger partial charge < -0.3 is 16.2 Å². The van der Waals surface area contributed by atoms with Crippen LogP contribution in [0.15, 0.2) is 18.6 Å². The molecule has 0 aromatic carbocycles. The van der Waals surface area contributed by atoms with E-state index >= 15 is 0 Å². The zero-order valence-electron chi connectivity index (χ0n) is 9.80. The van der Waals surface area contributed by atoms with Gasteiger partial charge in [0.15, 0.2) is 0 Å². The van der Waals surface area contributed by atoms with Crippen LogP contribution in [-0.4, -0.2) is 39.2 Å². The second-order valence-corrected chi connectivity index (χ2v) is 3.97. The summed E-state index contributed by atoms with van der Waals surface area (Å²) in [6.45, 7) is 0.138. The zero-order valence-corrected chi connectivity index (χ0v) is 9.80. The molecule has 0 unspecified atom stereocenters. The summed E-state index contributed by atoms with van der Waals surface area (Å²) < 4.78 is 1.77. The first-order valence-corrected chi connectivity index (χ1v) is 5.60. The first kappa shape index (κ1) is 11.8. The number of rotatable bonds is 5. The van der Waals surface area contributed by atoms with Gasteiger partial charge >= 0.3 is 0 Å². The van der Waals surface area contributed by atoms with Crippen LogP contribution in [-0.2, 0) is 6.42 Å². The molecule has 2 aromatic rings. The molecule has 0 spiro atoms. The number of nitrogens with two attached hydrogens (primary N) is 1. The average Bonchev–Trinajstić information content (AvgIpc) is 2.75. The Kier molecular flexibility index (Phi) is 3.55. The molecular weight excluding hydrogens is 218 g/mol. The molecule has 2 heterocycles. The SMILES string of the molecule is CN[C@H](CO)CCc1ccn2c(N)ncnc12. The van der Waals surface area contributed by atoms with Crippen molar-refractivity contribution >= 4 is 11.6 Å². The molecular formula is C11H17N5O. The quantitative estimate of drug-likeness (QED) is 0.669. The highest BCUT2D eigenvalue weighted by atomic mass is 16.3. The number of nitrogens with zero attached hydrogens (tertiary/aromatic N) is 3. The summed E-state index contributed by atoms with van der Waals surface area (Å²) in [6, 6.07) is 2.11. The van der Waals surface area contributed by atoms with E-state index in [4.69, 9.17) is 10.8 Å². The number of likely N-dealkylation sites (N-methyl/N-ethyl adjacent to an activating group) is 1. The van der Waals surface area contributed by atoms with E-state index in [0.29, 0.717) is 5.95 Å². The molecule has 1 atom stereocenters. The van der Waals surface area contributed by atoms with E-state index in [1.807, 2.05) is 19.3 Å². The van der Waals surface area contributed by atoms with Crippen LogP contribution in [0.3, 0.4) is 0 Å². The molecule has 0 aliphatic heterocycles. The molecule has 17 heavy (non-hydrogen) atoms. The Balaban J connectivity index is 2.17. The standard InChI is InChI=1S/C11H17N5O/c1-13-9(6-17)3-2-8-4-5-16-10(8)14-7-15-11(16)12/h4-5,7,9,13,17H,2-3,6H2,1H3,(H2,12,14,15)/t9-/m0/s1. The molecule has 4 N–H and O–H groups in total. The first-order chi connectivity index (χ1) is 8.26. The maximum atomic E-state index is 9.10. The van der Waals surface area contributed by atoms with Gasteiger partial charge in [0.2, 0.25) is 5.95 Å². The molecule has 0 bridgehead atoms. The Morgan fingerprint density at radius 2 is 2.35 bits per heavy atom. The fourth-order valence-electron chi connectivity index (χ4n) is 1.85. The van der Waals surface area contributed by atoms with Gasteiger partial charge in [-0.05, 0) is 31.5 Å². The number of aliphatic hydroxyl groups is 1. The zero-order chi connectivity index (χ0) is 12.3. The van der Waals surface area contributed by atoms with E-state index in [-0.39, 0.29) is 12.6 Å². The summed E-state index contributed by atoms with van der Waals surface area (Å²) >= 11 is 0. The van der Waals surface area contributed by atoms with Crippen LogP contribution in [0.25, 0.3) is 5.65 Å². The number of aliphatic hydroxyl groups excluding tert-OH is 1. The van der Waals surface area contributed by atoms with Gasteiger partial charge in [-0.25, -0.2) is 9.97 Å². The smallest absolute Gasteiger partial charge is 0.207 e. The third kappa shape index (κ3) is 2.37. The predicted octanol–water partition coefficient (Wildman–Crippen LogP) is -0.176. The number of fused-ring (bicyclic) bond motifs is 1. The third-order valence-electron chi connectivity index (χ3n) is 2.95. The summed E-state index contributed by atoms with van der Waals surface area (Å²) in [5.41, 5.74) is 7.69. The Hall–Kier alpha value is -1.66. The third-order valence-corrected chi connectivity index (χ3v) is 2.95. The van der Waals surface area contributed by atoms with Crippen LogP contribution in [0.1, 0.15) is 12.0 Å². The Bertz CT molecular complexity index is 492. The molecule has 92 valence electrons. The average molecular weight is 235 g/mol. The number of hydrogen-bond donors (Lipinski definition) is 3. The highest BCUT2D eigenvalue weighted by molar-refractivity contribution is 5.51. The molecule has 2 rings (SSSR count). The van der Waals surface area contributed by atoms with Gasteiger partial charge in [0, 0.05) is 12.2 Å². The van der Waals surface area contributed by atoms with Gasteiger partial charge in [0.1, 0.15) is 12.0 Å². The molecule has 0 saturated carbocycles. The van der Waals surface area contributed by atoms with Crippen molar-refractivity contribution in [2.75, 3.05) is 19.4 Å². The summed E-state index contributed by atoms with van der Waals surface area (Å²) in [5, 5.41) is 12.2. The van der Waals surface area contributed by atoms with Gasteiger partial charge in [-0.3, -0.25) is 4.40 Å². The molecule has 0 aliphatic carbocycles. The van der Waals surface area contributed by atoms with Gasteiger partial charge in [0.25, 0.3) is 0 Å². The number of aromatic nitrogens is 3. The molecule has 0 fully saturated rings. The molecule has 0 radical (unpaired) electrons. The van der Waals surface area contributed by atoms with Crippen molar-refractivity contribution in [1.82, 2.24) is 19.7 Å². The van der Waals surface area contributed by atoms with Gasteiger partial charge in [-0.2, -0.15) is 0 Å². The van der Waals surface area contributed by atoms with Crippen LogP contribution >= 0.6 is 0 Å². The molecule has 6 nitrogen and oxygen atoms in total. The highest BCUT2D eigenvalue weighted by Gasteiger charge is 2.09. The van der Waals surface area contributed by atoms with Gasteiger partial charge in [-0.1, -0.05) is 0 Å². The van der Waals surface area contributed by atoms with E-state index < -0.39 is 0 Å². The normalized spacial score (nSPS) is 13.1. The largest absolute Gasteiger partial charge is 0.395 e. The molecule has 2 aromatic heterocycles. The summed E-state index contributed by atoms with van der Waals surface area (Å²) in [6.07, 6.45) is 5.04. The monoisotopic (exact) mass is 235 g/mol. The lowest BCUT2D eigenvalue weighted by atomic mass is 10.1. The molecule has 0 amide bonds. The lowest BCUT2D eigenvalue weighted by Crippen LogP contribution is -2.29. The molecule has 6 heteroatoms. The lowest BCUT2D eigenvalue weighted by Gasteiger charge is -2.11. The Labute approximate surface area is 99.5 Å². The van der Waals surface area contributed by atoms with Crippen molar-refractivity contribution in [3.8, 4) is 0 Å². The number of nitrogen functional groups attached to an aromatic ring is 1. The van der Waals surface area contributed by atoms with E-state index in [0.717, 1.165) is 24.1 Å². The number of aryl methyl sites for hydroxylation is 1. The maximum Gasteiger partial charge on any atom is 0.207 e. The fourth-order valence-corrected chi connectivity index (χ4v) is 1.85. The number of anilines is 1. The second kappa shape index (κ2) is 5.11. The van der Waals surface area contributed by atoms with Gasteiger partial charge in [0.05, 0.1) is 6.61 Å².